The third kappa shape index (κ3) is 11.6. The van der Waals surface area contributed by atoms with Gasteiger partial charge in [-0.05, 0) is 117 Å². The molecule has 14 nitrogen and oxygen atoms in total. The Morgan fingerprint density at radius 2 is 1.17 bits per heavy atom. The normalized spacial score (nSPS) is 10.6. The summed E-state index contributed by atoms with van der Waals surface area (Å²) in [6.45, 7) is 9.76. The Morgan fingerprint density at radius 3 is 1.69 bits per heavy atom. The first-order valence-corrected chi connectivity index (χ1v) is 18.2. The zero-order valence-electron chi connectivity index (χ0n) is 32.0. The van der Waals surface area contributed by atoms with Crippen LogP contribution in [0.3, 0.4) is 0 Å². The maximum absolute atomic E-state index is 13.2. The van der Waals surface area contributed by atoms with E-state index in [1.807, 2.05) is 0 Å². The number of unbranched alkanes of at least 4 members (excludes halogenated alkanes) is 2. The summed E-state index contributed by atoms with van der Waals surface area (Å²) in [4.78, 5) is 65.9. The van der Waals surface area contributed by atoms with Gasteiger partial charge in [0.15, 0.2) is 11.5 Å². The van der Waals surface area contributed by atoms with Crippen molar-refractivity contribution in [2.45, 2.75) is 32.6 Å². The van der Waals surface area contributed by atoms with Gasteiger partial charge < -0.3 is 37.6 Å². The van der Waals surface area contributed by atoms with Crippen molar-refractivity contribution < 1.29 is 56.8 Å². The van der Waals surface area contributed by atoms with Crippen LogP contribution in [-0.4, -0.2) is 62.4 Å². The van der Waals surface area contributed by atoms with Gasteiger partial charge in [-0.25, -0.2) is 29.0 Å². The molecule has 0 aliphatic heterocycles. The summed E-state index contributed by atoms with van der Waals surface area (Å²) in [5.41, 5.74) is 1.06. The lowest BCUT2D eigenvalue weighted by Gasteiger charge is -2.12. The van der Waals surface area contributed by atoms with Gasteiger partial charge in [-0.2, -0.15) is 0 Å². The molecule has 14 heteroatoms. The van der Waals surface area contributed by atoms with Crippen molar-refractivity contribution in [1.82, 2.24) is 4.98 Å². The smallest absolute Gasteiger partial charge is 0.347 e. The number of fused-ring (bicyclic) bond motifs is 1. The second kappa shape index (κ2) is 20.6. The molecule has 0 saturated carbocycles. The van der Waals surface area contributed by atoms with Crippen molar-refractivity contribution in [3.8, 4) is 40.2 Å². The Bertz CT molecular complexity index is 2330. The lowest BCUT2D eigenvalue weighted by molar-refractivity contribution is -0.138. The molecule has 0 unspecified atom stereocenters. The number of methoxy groups -OCH3 is 1. The molecular formula is C44H41NO13. The van der Waals surface area contributed by atoms with Gasteiger partial charge in [0.05, 0.1) is 55.6 Å². The van der Waals surface area contributed by atoms with Crippen LogP contribution >= 0.6 is 0 Å². The lowest BCUT2D eigenvalue weighted by atomic mass is 10.1. The van der Waals surface area contributed by atoms with E-state index in [2.05, 4.69) is 18.1 Å². The number of esters is 4. The number of carbonyl (C=O) groups excluding carboxylic acids is 4. The summed E-state index contributed by atoms with van der Waals surface area (Å²) < 4.78 is 43.5. The monoisotopic (exact) mass is 791 g/mol. The van der Waals surface area contributed by atoms with E-state index in [0.717, 1.165) is 12.2 Å². The molecule has 0 atom stereocenters. The minimum atomic E-state index is -0.714. The van der Waals surface area contributed by atoms with Gasteiger partial charge in [-0.3, -0.25) is 0 Å². The topological polar surface area (TPSA) is 176 Å². The third-order valence-electron chi connectivity index (χ3n) is 8.36. The van der Waals surface area contributed by atoms with Gasteiger partial charge in [-0.1, -0.05) is 13.2 Å². The summed E-state index contributed by atoms with van der Waals surface area (Å²) in [5, 5.41) is 0.0978. The Morgan fingerprint density at radius 1 is 0.655 bits per heavy atom. The first-order valence-electron chi connectivity index (χ1n) is 18.2. The maximum atomic E-state index is 13.2. The zero-order valence-corrected chi connectivity index (χ0v) is 32.0. The highest BCUT2D eigenvalue weighted by atomic mass is 16.6. The van der Waals surface area contributed by atoms with E-state index < -0.39 is 29.5 Å². The molecule has 0 fully saturated rings. The van der Waals surface area contributed by atoms with Crippen LogP contribution in [0.25, 0.3) is 22.4 Å². The molecule has 4 aromatic carbocycles. The maximum Gasteiger partial charge on any atom is 0.347 e. The van der Waals surface area contributed by atoms with E-state index in [1.165, 1.54) is 25.3 Å². The number of aryl methyl sites for hydroxylation is 1. The Balaban J connectivity index is 1.18. The van der Waals surface area contributed by atoms with Gasteiger partial charge in [-0.15, -0.1) is 0 Å². The van der Waals surface area contributed by atoms with Gasteiger partial charge in [0.1, 0.15) is 17.2 Å². The summed E-state index contributed by atoms with van der Waals surface area (Å²) in [6.07, 6.45) is 4.81. The minimum absolute atomic E-state index is 0.00961. The molecule has 0 bridgehead atoms. The highest BCUT2D eigenvalue weighted by Gasteiger charge is 2.18. The Kier molecular flexibility index (Phi) is 14.9. The predicted molar refractivity (Wildman–Crippen MR) is 212 cm³/mol. The van der Waals surface area contributed by atoms with Crippen LogP contribution in [0.4, 0.5) is 0 Å². The van der Waals surface area contributed by atoms with E-state index in [9.17, 15) is 24.0 Å². The molecule has 58 heavy (non-hydrogen) atoms. The molecule has 5 aromatic rings. The number of rotatable bonds is 20. The molecule has 1 heterocycles. The summed E-state index contributed by atoms with van der Waals surface area (Å²) >= 11 is 0. The predicted octanol–water partition coefficient (Wildman–Crippen LogP) is 7.39. The number of carbonyl (C=O) groups is 4. The fourth-order valence-electron chi connectivity index (χ4n) is 5.27. The van der Waals surface area contributed by atoms with Crippen LogP contribution < -0.4 is 29.3 Å². The Labute approximate surface area is 333 Å². The third-order valence-corrected chi connectivity index (χ3v) is 8.36. The zero-order chi connectivity index (χ0) is 41.4. The summed E-state index contributed by atoms with van der Waals surface area (Å²) in [7, 11) is 1.40. The van der Waals surface area contributed by atoms with Crippen LogP contribution in [-0.2, 0) is 19.1 Å². The number of hydrogen-bond donors (Lipinski definition) is 0. The molecule has 0 aliphatic carbocycles. The lowest BCUT2D eigenvalue weighted by Crippen LogP contribution is -2.11. The number of nitrogens with zero attached hydrogens (tertiary/aromatic N) is 1. The van der Waals surface area contributed by atoms with Gasteiger partial charge in [0.25, 0.3) is 0 Å². The molecule has 0 N–H and O–H groups in total. The second-order valence-electron chi connectivity index (χ2n) is 12.5. The van der Waals surface area contributed by atoms with Crippen LogP contribution in [0.2, 0.25) is 0 Å². The molecule has 300 valence electrons. The number of ether oxygens (including phenoxy) is 7. The molecule has 0 amide bonds. The molecule has 0 aliphatic rings. The van der Waals surface area contributed by atoms with Crippen molar-refractivity contribution in [1.29, 1.82) is 0 Å². The fourth-order valence-corrected chi connectivity index (χ4v) is 5.27. The van der Waals surface area contributed by atoms with Gasteiger partial charge in [0, 0.05) is 17.7 Å². The molecule has 0 saturated heterocycles. The molecule has 0 radical (unpaired) electrons. The van der Waals surface area contributed by atoms with Crippen LogP contribution in [0, 0.1) is 6.92 Å². The SMILES string of the molecule is C=CC(=O)OCCCCOc1ccc(C(=O)Oc2cc3c(=O)oc(-c4ccc(OC(=O)c5ccc(OCCCCOC(=O)C=C)cc5)c(OC)c4)nc3cc2C)cc1. The van der Waals surface area contributed by atoms with Gasteiger partial charge >= 0.3 is 29.5 Å². The van der Waals surface area contributed by atoms with Crippen molar-refractivity contribution >= 4 is 34.8 Å². The quantitative estimate of drug-likeness (QED) is 0.0330. The summed E-state index contributed by atoms with van der Waals surface area (Å²) in [5.74, 6) is -0.629. The largest absolute Gasteiger partial charge is 0.494 e. The van der Waals surface area contributed by atoms with E-state index in [1.54, 1.807) is 67.6 Å². The molecule has 0 spiro atoms. The van der Waals surface area contributed by atoms with Crippen LogP contribution in [0.15, 0.2) is 113 Å². The number of benzene rings is 4. The Hall–Kier alpha value is -7.22. The number of aromatic nitrogens is 1. The average molecular weight is 792 g/mol. The number of hydrogen-bond acceptors (Lipinski definition) is 14. The first kappa shape index (κ1) is 41.9. The second-order valence-corrected chi connectivity index (χ2v) is 12.5. The van der Waals surface area contributed by atoms with Gasteiger partial charge in [0.2, 0.25) is 5.89 Å². The van der Waals surface area contributed by atoms with Crippen LogP contribution in [0.5, 0.6) is 28.7 Å². The van der Waals surface area contributed by atoms with E-state index in [0.29, 0.717) is 67.0 Å². The van der Waals surface area contributed by atoms with E-state index >= 15 is 0 Å². The summed E-state index contributed by atoms with van der Waals surface area (Å²) in [6, 6.07) is 20.5. The molecule has 5 rings (SSSR count). The molecule has 1 aromatic heterocycles. The average Bonchev–Trinajstić information content (AvgIpc) is 3.23. The first-order chi connectivity index (χ1) is 28.1. The van der Waals surface area contributed by atoms with E-state index in [4.69, 9.17) is 37.6 Å². The highest BCUT2D eigenvalue weighted by molar-refractivity contribution is 5.93. The van der Waals surface area contributed by atoms with Crippen molar-refractivity contribution in [3.63, 3.8) is 0 Å². The standard InChI is InChI=1S/C44H41NO13/c1-5-39(46)54-23-9-7-21-52-32-16-11-29(12-17-32)42(48)56-36-20-15-31(26-38(36)51-4)41-45-35-25-28(3)37(27-34(35)44(50)58-41)57-43(49)30-13-18-33(19-14-30)53-22-8-10-24-55-40(47)6-2/h5-6,11-20,25-27H,1-2,7-10,21-24H2,3-4H3. The van der Waals surface area contributed by atoms with E-state index in [-0.39, 0.29) is 52.9 Å². The van der Waals surface area contributed by atoms with Crippen molar-refractivity contribution in [3.05, 3.63) is 131 Å². The van der Waals surface area contributed by atoms with Crippen molar-refractivity contribution in [2.24, 2.45) is 0 Å². The highest BCUT2D eigenvalue weighted by Crippen LogP contribution is 2.33. The minimum Gasteiger partial charge on any atom is -0.494 e. The van der Waals surface area contributed by atoms with Crippen LogP contribution in [0.1, 0.15) is 52.0 Å². The van der Waals surface area contributed by atoms with Crippen molar-refractivity contribution in [2.75, 3.05) is 33.5 Å². The fraction of sp³-hybridized carbons (Fsp3) is 0.227. The molecular weight excluding hydrogens is 750 g/mol.